The predicted octanol–water partition coefficient (Wildman–Crippen LogP) is 2.83. The first-order valence-corrected chi connectivity index (χ1v) is 5.15. The maximum Gasteiger partial charge on any atom is 0.303 e. The van der Waals surface area contributed by atoms with Gasteiger partial charge in [0.05, 0.1) is 7.11 Å². The molecule has 1 aromatic rings. The van der Waals surface area contributed by atoms with E-state index < -0.39 is 5.97 Å². The van der Waals surface area contributed by atoms with E-state index >= 15 is 0 Å². The summed E-state index contributed by atoms with van der Waals surface area (Å²) in [4.78, 5) is 10.5. The molecule has 0 spiro atoms. The number of benzene rings is 1. The average molecular weight is 220 g/mol. The smallest absolute Gasteiger partial charge is 0.303 e. The molecular weight excluding hydrogens is 204 g/mol. The van der Waals surface area contributed by atoms with Crippen molar-refractivity contribution in [2.45, 2.75) is 18.8 Å². The summed E-state index contributed by atoms with van der Waals surface area (Å²) in [5.74, 6) is 0.104. The molecule has 0 aromatic heterocycles. The minimum atomic E-state index is -0.777. The van der Waals surface area contributed by atoms with Gasteiger partial charge in [0.1, 0.15) is 5.75 Å². The van der Waals surface area contributed by atoms with Crippen LogP contribution in [0.3, 0.4) is 0 Å². The third-order valence-corrected chi connectivity index (χ3v) is 2.50. The van der Waals surface area contributed by atoms with Gasteiger partial charge in [0, 0.05) is 12.3 Å². The second-order valence-corrected chi connectivity index (χ2v) is 3.55. The van der Waals surface area contributed by atoms with E-state index in [1.54, 1.807) is 13.2 Å². The number of carbonyl (C=O) groups is 1. The average Bonchev–Trinajstić information content (AvgIpc) is 2.30. The van der Waals surface area contributed by atoms with Gasteiger partial charge in [-0.3, -0.25) is 4.79 Å². The molecule has 0 fully saturated rings. The van der Waals surface area contributed by atoms with Gasteiger partial charge in [-0.2, -0.15) is 0 Å². The lowest BCUT2D eigenvalue weighted by Gasteiger charge is -2.12. The van der Waals surface area contributed by atoms with Crippen molar-refractivity contribution in [3.63, 3.8) is 0 Å². The van der Waals surface area contributed by atoms with Crippen molar-refractivity contribution in [2.24, 2.45) is 0 Å². The summed E-state index contributed by atoms with van der Waals surface area (Å²) < 4.78 is 5.06. The second kappa shape index (κ2) is 5.95. The maximum atomic E-state index is 10.5. The van der Waals surface area contributed by atoms with Crippen LogP contribution in [0.25, 0.3) is 0 Å². The molecule has 86 valence electrons. The largest absolute Gasteiger partial charge is 0.497 e. The van der Waals surface area contributed by atoms with Crippen LogP contribution in [0.15, 0.2) is 36.9 Å². The van der Waals surface area contributed by atoms with Crippen LogP contribution in [-0.2, 0) is 4.79 Å². The molecule has 1 rings (SSSR count). The van der Waals surface area contributed by atoms with Crippen molar-refractivity contribution in [1.82, 2.24) is 0 Å². The first-order chi connectivity index (χ1) is 7.67. The summed E-state index contributed by atoms with van der Waals surface area (Å²) in [5.41, 5.74) is 1.07. The van der Waals surface area contributed by atoms with Gasteiger partial charge >= 0.3 is 5.97 Å². The van der Waals surface area contributed by atoms with E-state index in [4.69, 9.17) is 9.84 Å². The first-order valence-electron chi connectivity index (χ1n) is 5.15. The first kappa shape index (κ1) is 12.3. The minimum absolute atomic E-state index is 0.0852. The highest BCUT2D eigenvalue weighted by Crippen LogP contribution is 2.24. The summed E-state index contributed by atoms with van der Waals surface area (Å²) in [5, 5.41) is 8.63. The summed E-state index contributed by atoms with van der Waals surface area (Å²) >= 11 is 0. The van der Waals surface area contributed by atoms with Gasteiger partial charge in [-0.25, -0.2) is 0 Å². The maximum absolute atomic E-state index is 10.5. The van der Waals surface area contributed by atoms with Crippen LogP contribution in [0, 0.1) is 0 Å². The minimum Gasteiger partial charge on any atom is -0.497 e. The number of rotatable bonds is 6. The summed E-state index contributed by atoms with van der Waals surface area (Å²) in [6.45, 7) is 3.73. The summed E-state index contributed by atoms with van der Waals surface area (Å²) in [6.07, 6.45) is 2.51. The fraction of sp³-hybridized carbons (Fsp3) is 0.308. The number of allylic oxidation sites excluding steroid dienone is 1. The molecule has 0 aliphatic carbocycles. The van der Waals surface area contributed by atoms with Crippen molar-refractivity contribution in [3.05, 3.63) is 42.5 Å². The van der Waals surface area contributed by atoms with Gasteiger partial charge in [-0.15, -0.1) is 6.58 Å². The van der Waals surface area contributed by atoms with E-state index in [2.05, 4.69) is 6.58 Å². The SMILES string of the molecule is C=CC(CCC(=O)O)c1ccc(OC)cc1. The number of hydrogen-bond acceptors (Lipinski definition) is 2. The van der Waals surface area contributed by atoms with Crippen LogP contribution in [0.4, 0.5) is 0 Å². The highest BCUT2D eigenvalue weighted by molar-refractivity contribution is 5.66. The topological polar surface area (TPSA) is 46.5 Å². The summed E-state index contributed by atoms with van der Waals surface area (Å²) in [7, 11) is 1.62. The van der Waals surface area contributed by atoms with Crippen LogP contribution in [0.1, 0.15) is 24.3 Å². The Balaban J connectivity index is 2.70. The zero-order chi connectivity index (χ0) is 12.0. The number of ether oxygens (including phenoxy) is 1. The lowest BCUT2D eigenvalue weighted by molar-refractivity contribution is -0.137. The van der Waals surface area contributed by atoms with E-state index in [1.807, 2.05) is 24.3 Å². The van der Waals surface area contributed by atoms with Crippen LogP contribution >= 0.6 is 0 Å². The molecule has 0 bridgehead atoms. The zero-order valence-electron chi connectivity index (χ0n) is 9.35. The predicted molar refractivity (Wildman–Crippen MR) is 62.8 cm³/mol. The van der Waals surface area contributed by atoms with Crippen LogP contribution in [0.2, 0.25) is 0 Å². The van der Waals surface area contributed by atoms with Crippen molar-refractivity contribution in [3.8, 4) is 5.75 Å². The molecule has 0 saturated heterocycles. The number of methoxy groups -OCH3 is 1. The molecule has 0 amide bonds. The van der Waals surface area contributed by atoms with E-state index in [-0.39, 0.29) is 12.3 Å². The van der Waals surface area contributed by atoms with Gasteiger partial charge in [-0.05, 0) is 24.1 Å². The van der Waals surface area contributed by atoms with Gasteiger partial charge in [0.2, 0.25) is 0 Å². The molecule has 0 aliphatic rings. The molecule has 0 heterocycles. The van der Waals surface area contributed by atoms with Crippen LogP contribution in [-0.4, -0.2) is 18.2 Å². The third-order valence-electron chi connectivity index (χ3n) is 2.50. The van der Waals surface area contributed by atoms with Crippen molar-refractivity contribution in [1.29, 1.82) is 0 Å². The molecule has 0 radical (unpaired) electrons. The lowest BCUT2D eigenvalue weighted by atomic mass is 9.94. The Morgan fingerprint density at radius 2 is 2.12 bits per heavy atom. The molecular formula is C13H16O3. The fourth-order valence-corrected chi connectivity index (χ4v) is 1.55. The molecule has 3 heteroatoms. The van der Waals surface area contributed by atoms with Crippen molar-refractivity contribution < 1.29 is 14.6 Å². The van der Waals surface area contributed by atoms with E-state index in [0.29, 0.717) is 6.42 Å². The number of aliphatic carboxylic acids is 1. The fourth-order valence-electron chi connectivity index (χ4n) is 1.55. The molecule has 1 aromatic carbocycles. The Bertz CT molecular complexity index is 354. The second-order valence-electron chi connectivity index (χ2n) is 3.55. The number of hydrogen-bond donors (Lipinski definition) is 1. The normalized spacial score (nSPS) is 11.8. The lowest BCUT2D eigenvalue weighted by Crippen LogP contribution is -2.01. The molecule has 16 heavy (non-hydrogen) atoms. The number of carboxylic acids is 1. The van der Waals surface area contributed by atoms with Gasteiger partial charge < -0.3 is 9.84 Å². The molecule has 0 aliphatic heterocycles. The Hall–Kier alpha value is -1.77. The van der Waals surface area contributed by atoms with Crippen LogP contribution < -0.4 is 4.74 Å². The number of carboxylic acid groups (broad SMARTS) is 1. The van der Waals surface area contributed by atoms with Crippen molar-refractivity contribution >= 4 is 5.97 Å². The third kappa shape index (κ3) is 3.42. The van der Waals surface area contributed by atoms with Gasteiger partial charge in [-0.1, -0.05) is 18.2 Å². The standard InChI is InChI=1S/C13H16O3/c1-3-10(6-9-13(14)15)11-4-7-12(16-2)8-5-11/h3-5,7-8,10H,1,6,9H2,2H3,(H,14,15). The quantitative estimate of drug-likeness (QED) is 0.750. The Morgan fingerprint density at radius 1 is 1.50 bits per heavy atom. The van der Waals surface area contributed by atoms with E-state index in [9.17, 15) is 4.79 Å². The van der Waals surface area contributed by atoms with E-state index in [1.165, 1.54) is 0 Å². The monoisotopic (exact) mass is 220 g/mol. The highest BCUT2D eigenvalue weighted by Gasteiger charge is 2.09. The van der Waals surface area contributed by atoms with E-state index in [0.717, 1.165) is 11.3 Å². The Kier molecular flexibility index (Phi) is 4.58. The highest BCUT2D eigenvalue weighted by atomic mass is 16.5. The Labute approximate surface area is 95.4 Å². The van der Waals surface area contributed by atoms with Gasteiger partial charge in [0.25, 0.3) is 0 Å². The molecule has 0 saturated carbocycles. The Morgan fingerprint density at radius 3 is 2.56 bits per heavy atom. The molecule has 3 nitrogen and oxygen atoms in total. The molecule has 1 unspecified atom stereocenters. The van der Waals surface area contributed by atoms with Gasteiger partial charge in [0.15, 0.2) is 0 Å². The molecule has 1 N–H and O–H groups in total. The summed E-state index contributed by atoms with van der Waals surface area (Å²) in [6, 6.07) is 7.61. The van der Waals surface area contributed by atoms with Crippen LogP contribution in [0.5, 0.6) is 5.75 Å². The van der Waals surface area contributed by atoms with Crippen molar-refractivity contribution in [2.75, 3.05) is 7.11 Å². The molecule has 1 atom stereocenters. The zero-order valence-corrected chi connectivity index (χ0v) is 9.35.